The maximum absolute atomic E-state index is 12.7. The lowest BCUT2D eigenvalue weighted by Crippen LogP contribution is -2.44. The lowest BCUT2D eigenvalue weighted by molar-refractivity contribution is -0.139. The first-order valence-corrected chi connectivity index (χ1v) is 10.1. The Bertz CT molecular complexity index is 752. The number of carbonyl (C=O) groups is 1. The first kappa shape index (κ1) is 20.4. The number of nitrogens with zero attached hydrogens (tertiary/aromatic N) is 3. The Kier molecular flexibility index (Phi) is 7.09. The number of rotatable bonds is 8. The van der Waals surface area contributed by atoms with E-state index in [-0.39, 0.29) is 5.91 Å². The predicted molar refractivity (Wildman–Crippen MR) is 108 cm³/mol. The first-order chi connectivity index (χ1) is 13.6. The Labute approximate surface area is 167 Å². The number of benzene rings is 1. The zero-order valence-electron chi connectivity index (χ0n) is 17.1. The number of aryl methyl sites for hydroxylation is 1. The predicted octanol–water partition coefficient (Wildman–Crippen LogP) is 3.43. The van der Waals surface area contributed by atoms with Gasteiger partial charge in [-0.3, -0.25) is 4.79 Å². The van der Waals surface area contributed by atoms with Gasteiger partial charge in [0, 0.05) is 38.6 Å². The van der Waals surface area contributed by atoms with E-state index in [1.165, 1.54) is 5.69 Å². The third kappa shape index (κ3) is 5.13. The van der Waals surface area contributed by atoms with Gasteiger partial charge in [0.25, 0.3) is 5.91 Å². The molecule has 1 aromatic heterocycles. The van der Waals surface area contributed by atoms with E-state index in [0.717, 1.165) is 50.5 Å². The van der Waals surface area contributed by atoms with Crippen molar-refractivity contribution in [3.05, 3.63) is 48.0 Å². The lowest BCUT2D eigenvalue weighted by atomic mass is 9.93. The molecule has 1 aliphatic heterocycles. The van der Waals surface area contributed by atoms with Crippen LogP contribution in [0.3, 0.4) is 0 Å². The van der Waals surface area contributed by atoms with Crippen LogP contribution in [0, 0.1) is 12.8 Å². The second-order valence-electron chi connectivity index (χ2n) is 7.53. The normalized spacial score (nSPS) is 16.2. The van der Waals surface area contributed by atoms with E-state index in [1.54, 1.807) is 7.11 Å². The summed E-state index contributed by atoms with van der Waals surface area (Å²) in [5, 5.41) is 0. The van der Waals surface area contributed by atoms with Crippen molar-refractivity contribution in [2.45, 2.75) is 52.4 Å². The number of likely N-dealkylation sites (tertiary alicyclic amines) is 1. The standard InChI is InChI=1S/C22H31N3O3/c1-17-15-23-21(16-27-3)25(17)14-11-19-9-12-24(13-10-19)22(26)18(2)28-20-7-5-4-6-8-20/h4-8,15,18-19H,9-14,16H2,1-3H3. The van der Waals surface area contributed by atoms with Crippen LogP contribution >= 0.6 is 0 Å². The number of piperidine rings is 1. The quantitative estimate of drug-likeness (QED) is 0.699. The van der Waals surface area contributed by atoms with Crippen LogP contribution in [0.1, 0.15) is 37.7 Å². The SMILES string of the molecule is COCc1ncc(C)n1CCC1CCN(C(=O)C(C)Oc2ccccc2)CC1. The van der Waals surface area contributed by atoms with Gasteiger partial charge in [0.05, 0.1) is 0 Å². The number of ether oxygens (including phenoxy) is 2. The number of imidazole rings is 1. The molecular weight excluding hydrogens is 354 g/mol. The van der Waals surface area contributed by atoms with Crippen molar-refractivity contribution in [2.75, 3.05) is 20.2 Å². The van der Waals surface area contributed by atoms with E-state index in [4.69, 9.17) is 9.47 Å². The van der Waals surface area contributed by atoms with Gasteiger partial charge in [-0.2, -0.15) is 0 Å². The summed E-state index contributed by atoms with van der Waals surface area (Å²) < 4.78 is 13.3. The van der Waals surface area contributed by atoms with Gasteiger partial charge in [-0.1, -0.05) is 18.2 Å². The maximum Gasteiger partial charge on any atom is 0.263 e. The van der Waals surface area contributed by atoms with Crippen LogP contribution in [0.15, 0.2) is 36.5 Å². The molecule has 1 atom stereocenters. The fourth-order valence-corrected chi connectivity index (χ4v) is 3.82. The van der Waals surface area contributed by atoms with Crippen molar-refractivity contribution in [3.63, 3.8) is 0 Å². The molecule has 0 saturated carbocycles. The second kappa shape index (κ2) is 9.73. The molecule has 1 saturated heterocycles. The lowest BCUT2D eigenvalue weighted by Gasteiger charge is -2.33. The number of carbonyl (C=O) groups excluding carboxylic acids is 1. The number of aromatic nitrogens is 2. The van der Waals surface area contributed by atoms with E-state index in [2.05, 4.69) is 16.5 Å². The van der Waals surface area contributed by atoms with Gasteiger partial charge in [0.15, 0.2) is 6.10 Å². The molecule has 6 nitrogen and oxygen atoms in total. The van der Waals surface area contributed by atoms with Crippen LogP contribution in [0.2, 0.25) is 0 Å². The first-order valence-electron chi connectivity index (χ1n) is 10.1. The van der Waals surface area contributed by atoms with Gasteiger partial charge < -0.3 is 18.9 Å². The molecular formula is C22H31N3O3. The smallest absolute Gasteiger partial charge is 0.263 e. The van der Waals surface area contributed by atoms with E-state index < -0.39 is 6.10 Å². The van der Waals surface area contributed by atoms with E-state index in [1.807, 2.05) is 48.4 Å². The van der Waals surface area contributed by atoms with Crippen molar-refractivity contribution < 1.29 is 14.3 Å². The monoisotopic (exact) mass is 385 g/mol. The zero-order valence-corrected chi connectivity index (χ0v) is 17.1. The highest BCUT2D eigenvalue weighted by Gasteiger charge is 2.27. The third-order valence-corrected chi connectivity index (χ3v) is 5.50. The summed E-state index contributed by atoms with van der Waals surface area (Å²) >= 11 is 0. The van der Waals surface area contributed by atoms with Crippen LogP contribution in [-0.2, 0) is 22.7 Å². The van der Waals surface area contributed by atoms with Crippen molar-refractivity contribution in [3.8, 4) is 5.75 Å². The summed E-state index contributed by atoms with van der Waals surface area (Å²) in [5.74, 6) is 2.43. The van der Waals surface area contributed by atoms with E-state index in [9.17, 15) is 4.79 Å². The van der Waals surface area contributed by atoms with Gasteiger partial charge in [-0.25, -0.2) is 4.98 Å². The highest BCUT2D eigenvalue weighted by molar-refractivity contribution is 5.81. The molecule has 152 valence electrons. The number of amides is 1. The summed E-state index contributed by atoms with van der Waals surface area (Å²) in [5.41, 5.74) is 1.17. The Balaban J connectivity index is 1.45. The molecule has 0 N–H and O–H groups in total. The molecule has 1 unspecified atom stereocenters. The van der Waals surface area contributed by atoms with Crippen LogP contribution in [0.5, 0.6) is 5.75 Å². The van der Waals surface area contributed by atoms with Crippen molar-refractivity contribution >= 4 is 5.91 Å². The molecule has 2 heterocycles. The summed E-state index contributed by atoms with van der Waals surface area (Å²) in [4.78, 5) is 19.1. The second-order valence-corrected chi connectivity index (χ2v) is 7.53. The Hall–Kier alpha value is -2.34. The average molecular weight is 386 g/mol. The number of hydrogen-bond donors (Lipinski definition) is 0. The largest absolute Gasteiger partial charge is 0.481 e. The number of para-hydroxylation sites is 1. The Morgan fingerprint density at radius 3 is 2.64 bits per heavy atom. The minimum atomic E-state index is -0.454. The summed E-state index contributed by atoms with van der Waals surface area (Å²) in [7, 11) is 1.70. The molecule has 2 aromatic rings. The van der Waals surface area contributed by atoms with Gasteiger partial charge in [-0.15, -0.1) is 0 Å². The molecule has 1 aromatic carbocycles. The van der Waals surface area contributed by atoms with Gasteiger partial charge >= 0.3 is 0 Å². The van der Waals surface area contributed by atoms with E-state index >= 15 is 0 Å². The maximum atomic E-state index is 12.7. The molecule has 28 heavy (non-hydrogen) atoms. The molecule has 0 radical (unpaired) electrons. The van der Waals surface area contributed by atoms with Crippen LogP contribution in [0.4, 0.5) is 0 Å². The van der Waals surface area contributed by atoms with Crippen LogP contribution in [0.25, 0.3) is 0 Å². The molecule has 6 heteroatoms. The fourth-order valence-electron chi connectivity index (χ4n) is 3.82. The van der Waals surface area contributed by atoms with Crippen molar-refractivity contribution in [2.24, 2.45) is 5.92 Å². The number of methoxy groups -OCH3 is 1. The van der Waals surface area contributed by atoms with Crippen LogP contribution < -0.4 is 4.74 Å². The average Bonchev–Trinajstić information content (AvgIpc) is 3.06. The molecule has 0 aliphatic carbocycles. The summed E-state index contributed by atoms with van der Waals surface area (Å²) in [6, 6.07) is 9.53. The van der Waals surface area contributed by atoms with Crippen LogP contribution in [-0.4, -0.2) is 46.7 Å². The van der Waals surface area contributed by atoms with E-state index in [0.29, 0.717) is 12.5 Å². The summed E-state index contributed by atoms with van der Waals surface area (Å²) in [6.45, 7) is 7.03. The molecule has 0 spiro atoms. The zero-order chi connectivity index (χ0) is 19.9. The minimum Gasteiger partial charge on any atom is -0.481 e. The van der Waals surface area contributed by atoms with Gasteiger partial charge in [0.2, 0.25) is 0 Å². The molecule has 1 amide bonds. The molecule has 1 aliphatic rings. The van der Waals surface area contributed by atoms with Crippen molar-refractivity contribution in [1.29, 1.82) is 0 Å². The summed E-state index contributed by atoms with van der Waals surface area (Å²) in [6.07, 6.45) is 4.63. The highest BCUT2D eigenvalue weighted by atomic mass is 16.5. The third-order valence-electron chi connectivity index (χ3n) is 5.50. The van der Waals surface area contributed by atoms with Gasteiger partial charge in [0.1, 0.15) is 18.2 Å². The Morgan fingerprint density at radius 2 is 1.96 bits per heavy atom. The topological polar surface area (TPSA) is 56.6 Å². The van der Waals surface area contributed by atoms with Gasteiger partial charge in [-0.05, 0) is 51.2 Å². The van der Waals surface area contributed by atoms with Crippen molar-refractivity contribution in [1.82, 2.24) is 14.5 Å². The Morgan fingerprint density at radius 1 is 1.25 bits per heavy atom. The number of hydrogen-bond acceptors (Lipinski definition) is 4. The molecule has 3 rings (SSSR count). The minimum absolute atomic E-state index is 0.0788. The highest BCUT2D eigenvalue weighted by Crippen LogP contribution is 2.23. The molecule has 1 fully saturated rings. The molecule has 0 bridgehead atoms. The fraction of sp³-hybridized carbons (Fsp3) is 0.545.